The van der Waals surface area contributed by atoms with Crippen LogP contribution in [0.4, 0.5) is 5.69 Å². The normalized spacial score (nSPS) is 15.7. The Kier molecular flexibility index (Phi) is 7.42. The molecule has 1 atom stereocenters. The molecule has 3 rings (SSSR count). The van der Waals surface area contributed by atoms with Crippen molar-refractivity contribution in [2.45, 2.75) is 26.7 Å². The summed E-state index contributed by atoms with van der Waals surface area (Å²) in [5.74, 6) is 0.233. The van der Waals surface area contributed by atoms with Crippen LogP contribution in [0.2, 0.25) is 0 Å². The van der Waals surface area contributed by atoms with Gasteiger partial charge in [0.1, 0.15) is 0 Å². The third-order valence-corrected chi connectivity index (χ3v) is 5.48. The lowest BCUT2D eigenvalue weighted by Gasteiger charge is -2.36. The molecule has 29 heavy (non-hydrogen) atoms. The van der Waals surface area contributed by atoms with E-state index in [4.69, 9.17) is 0 Å². The fourth-order valence-electron chi connectivity index (χ4n) is 3.80. The van der Waals surface area contributed by atoms with Crippen molar-refractivity contribution in [2.75, 3.05) is 38.0 Å². The van der Waals surface area contributed by atoms with Gasteiger partial charge in [0.15, 0.2) is 0 Å². The highest BCUT2D eigenvalue weighted by atomic mass is 16.2. The van der Waals surface area contributed by atoms with Gasteiger partial charge in [0, 0.05) is 51.3 Å². The quantitative estimate of drug-likeness (QED) is 0.786. The summed E-state index contributed by atoms with van der Waals surface area (Å²) in [7, 11) is 0. The second kappa shape index (κ2) is 10.2. The number of nitrogens with one attached hydrogen (secondary N) is 1. The number of anilines is 1. The van der Waals surface area contributed by atoms with Crippen molar-refractivity contribution in [3.8, 4) is 0 Å². The molecule has 2 amide bonds. The maximum atomic E-state index is 12.8. The average Bonchev–Trinajstić information content (AvgIpc) is 2.73. The van der Waals surface area contributed by atoms with Crippen LogP contribution in [0.3, 0.4) is 0 Å². The third kappa shape index (κ3) is 6.43. The molecule has 0 spiro atoms. The lowest BCUT2D eigenvalue weighted by atomic mass is 9.99. The molecule has 1 heterocycles. The van der Waals surface area contributed by atoms with Crippen molar-refractivity contribution in [3.63, 3.8) is 0 Å². The zero-order valence-electron chi connectivity index (χ0n) is 17.4. The molecule has 0 bridgehead atoms. The van der Waals surface area contributed by atoms with E-state index in [0.29, 0.717) is 0 Å². The molecule has 154 valence electrons. The van der Waals surface area contributed by atoms with E-state index in [0.717, 1.165) is 51.3 Å². The first-order chi connectivity index (χ1) is 14.0. The smallest absolute Gasteiger partial charge is 0.225 e. The van der Waals surface area contributed by atoms with E-state index in [2.05, 4.69) is 34.5 Å². The van der Waals surface area contributed by atoms with Gasteiger partial charge < -0.3 is 10.2 Å². The van der Waals surface area contributed by atoms with Gasteiger partial charge in [-0.15, -0.1) is 0 Å². The lowest BCUT2D eigenvalue weighted by molar-refractivity contribution is -0.136. The summed E-state index contributed by atoms with van der Waals surface area (Å²) in [6.07, 6.45) is 1.77. The molecule has 0 aliphatic carbocycles. The van der Waals surface area contributed by atoms with Crippen LogP contribution in [-0.4, -0.2) is 54.3 Å². The minimum Gasteiger partial charge on any atom is -0.340 e. The van der Waals surface area contributed by atoms with Crippen LogP contribution in [0, 0.1) is 5.92 Å². The molecular formula is C24H31N3O2. The Hall–Kier alpha value is -2.66. The number of hydrogen-bond acceptors (Lipinski definition) is 3. The van der Waals surface area contributed by atoms with Gasteiger partial charge in [-0.1, -0.05) is 49.4 Å². The Morgan fingerprint density at radius 1 is 0.931 bits per heavy atom. The molecule has 5 nitrogen and oxygen atoms in total. The topological polar surface area (TPSA) is 52.7 Å². The fourth-order valence-corrected chi connectivity index (χ4v) is 3.80. The summed E-state index contributed by atoms with van der Waals surface area (Å²) in [5, 5.41) is 2.79. The van der Waals surface area contributed by atoms with Crippen LogP contribution in [0.1, 0.15) is 25.0 Å². The second-order valence-corrected chi connectivity index (χ2v) is 7.89. The van der Waals surface area contributed by atoms with Crippen LogP contribution in [0.25, 0.3) is 0 Å². The van der Waals surface area contributed by atoms with Crippen LogP contribution in [-0.2, 0) is 22.4 Å². The molecule has 2 aromatic carbocycles. The Bertz CT molecular complexity index is 797. The van der Waals surface area contributed by atoms with Crippen molar-refractivity contribution in [3.05, 3.63) is 65.7 Å². The number of nitrogens with zero attached hydrogens (tertiary/aromatic N) is 2. The van der Waals surface area contributed by atoms with Crippen LogP contribution < -0.4 is 5.32 Å². The molecule has 0 radical (unpaired) electrons. The maximum absolute atomic E-state index is 12.8. The number of carbonyl (C=O) groups excluding carboxylic acids is 2. The summed E-state index contributed by atoms with van der Waals surface area (Å²) in [6, 6.07) is 18.3. The number of benzene rings is 2. The van der Waals surface area contributed by atoms with E-state index in [1.54, 1.807) is 0 Å². The highest BCUT2D eigenvalue weighted by Crippen LogP contribution is 2.14. The Labute approximate surface area is 173 Å². The third-order valence-electron chi connectivity index (χ3n) is 5.48. The number of carbonyl (C=O) groups is 2. The zero-order valence-corrected chi connectivity index (χ0v) is 17.4. The van der Waals surface area contributed by atoms with E-state index in [1.165, 1.54) is 18.1 Å². The molecule has 1 unspecified atom stereocenters. The fraction of sp³-hybridized carbons (Fsp3) is 0.417. The van der Waals surface area contributed by atoms with E-state index < -0.39 is 0 Å². The molecule has 0 saturated carbocycles. The standard InChI is InChI=1S/C24H31N3O2/c1-19(18-22-6-4-3-5-7-22)24(29)27-16-14-26(15-17-27)13-12-21-8-10-23(11-9-21)25-20(2)28/h3-11,19H,12-18H2,1-2H3,(H,25,28). The number of hydrogen-bond donors (Lipinski definition) is 1. The summed E-state index contributed by atoms with van der Waals surface area (Å²) in [4.78, 5) is 28.3. The van der Waals surface area contributed by atoms with Gasteiger partial charge in [0.2, 0.25) is 11.8 Å². The molecule has 0 aromatic heterocycles. The Morgan fingerprint density at radius 3 is 2.21 bits per heavy atom. The summed E-state index contributed by atoms with van der Waals surface area (Å²) >= 11 is 0. The van der Waals surface area contributed by atoms with Crippen molar-refractivity contribution >= 4 is 17.5 Å². The lowest BCUT2D eigenvalue weighted by Crippen LogP contribution is -2.50. The van der Waals surface area contributed by atoms with Crippen molar-refractivity contribution < 1.29 is 9.59 Å². The van der Waals surface area contributed by atoms with E-state index >= 15 is 0 Å². The first-order valence-electron chi connectivity index (χ1n) is 10.4. The summed E-state index contributed by atoms with van der Waals surface area (Å²) in [5.41, 5.74) is 3.31. The van der Waals surface area contributed by atoms with Crippen molar-refractivity contribution in [2.24, 2.45) is 5.92 Å². The first-order valence-corrected chi connectivity index (χ1v) is 10.4. The monoisotopic (exact) mass is 393 g/mol. The molecular weight excluding hydrogens is 362 g/mol. The van der Waals surface area contributed by atoms with Gasteiger partial charge in [-0.25, -0.2) is 0 Å². The highest BCUT2D eigenvalue weighted by Gasteiger charge is 2.24. The number of rotatable bonds is 7. The number of amides is 2. The van der Waals surface area contributed by atoms with Gasteiger partial charge in [-0.2, -0.15) is 0 Å². The predicted octanol–water partition coefficient (Wildman–Crippen LogP) is 3.21. The summed E-state index contributed by atoms with van der Waals surface area (Å²) < 4.78 is 0. The SMILES string of the molecule is CC(=O)Nc1ccc(CCN2CCN(C(=O)C(C)Cc3ccccc3)CC2)cc1. The largest absolute Gasteiger partial charge is 0.340 e. The average molecular weight is 394 g/mol. The highest BCUT2D eigenvalue weighted by molar-refractivity contribution is 5.88. The van der Waals surface area contributed by atoms with E-state index in [9.17, 15) is 9.59 Å². The van der Waals surface area contributed by atoms with E-state index in [-0.39, 0.29) is 17.7 Å². The van der Waals surface area contributed by atoms with Crippen molar-refractivity contribution in [1.82, 2.24) is 9.80 Å². The van der Waals surface area contributed by atoms with E-state index in [1.807, 2.05) is 42.2 Å². The van der Waals surface area contributed by atoms with Gasteiger partial charge in [0.05, 0.1) is 0 Å². The van der Waals surface area contributed by atoms with Gasteiger partial charge in [-0.3, -0.25) is 14.5 Å². The van der Waals surface area contributed by atoms with Gasteiger partial charge in [0.25, 0.3) is 0 Å². The van der Waals surface area contributed by atoms with Crippen LogP contribution in [0.15, 0.2) is 54.6 Å². The molecule has 1 aliphatic rings. The van der Waals surface area contributed by atoms with Crippen LogP contribution in [0.5, 0.6) is 0 Å². The molecule has 1 aliphatic heterocycles. The minimum absolute atomic E-state index is 0.0195. The molecule has 1 fully saturated rings. The Balaban J connectivity index is 1.40. The number of piperazine rings is 1. The molecule has 1 saturated heterocycles. The summed E-state index contributed by atoms with van der Waals surface area (Å²) in [6.45, 7) is 7.99. The zero-order chi connectivity index (χ0) is 20.6. The molecule has 5 heteroatoms. The van der Waals surface area contributed by atoms with Gasteiger partial charge >= 0.3 is 0 Å². The van der Waals surface area contributed by atoms with Crippen LogP contribution >= 0.6 is 0 Å². The second-order valence-electron chi connectivity index (χ2n) is 7.89. The predicted molar refractivity (Wildman–Crippen MR) is 117 cm³/mol. The minimum atomic E-state index is -0.0525. The van der Waals surface area contributed by atoms with Crippen molar-refractivity contribution in [1.29, 1.82) is 0 Å². The molecule has 1 N–H and O–H groups in total. The Morgan fingerprint density at radius 2 is 1.59 bits per heavy atom. The molecule has 2 aromatic rings. The maximum Gasteiger partial charge on any atom is 0.225 e. The first kappa shape index (κ1) is 21.1. The van der Waals surface area contributed by atoms with Gasteiger partial charge in [-0.05, 0) is 36.1 Å².